The first kappa shape index (κ1) is 32.6. The average Bonchev–Trinajstić information content (AvgIpc) is 3.26. The molecule has 1 saturated heterocycles. The number of hydrogen-bond acceptors (Lipinski definition) is 10. The normalized spacial score (nSPS) is 14.4. The van der Waals surface area contributed by atoms with Crippen molar-refractivity contribution < 1.29 is 14.3 Å². The summed E-state index contributed by atoms with van der Waals surface area (Å²) in [5, 5.41) is 17.1. The van der Waals surface area contributed by atoms with Crippen molar-refractivity contribution in [3.63, 3.8) is 0 Å². The lowest BCUT2D eigenvalue weighted by atomic mass is 10.0. The maximum absolute atomic E-state index is 12.4. The molecule has 0 saturated carbocycles. The van der Waals surface area contributed by atoms with Crippen molar-refractivity contribution in [1.29, 1.82) is 0 Å². The second-order valence-electron chi connectivity index (χ2n) is 13.2. The Hall–Kier alpha value is -3.29. The van der Waals surface area contributed by atoms with Crippen molar-refractivity contribution in [2.75, 3.05) is 43.0 Å². The van der Waals surface area contributed by atoms with E-state index in [1.807, 2.05) is 39.0 Å². The van der Waals surface area contributed by atoms with E-state index in [-0.39, 0.29) is 18.7 Å². The summed E-state index contributed by atoms with van der Waals surface area (Å²) in [5.74, 6) is 1.74. The summed E-state index contributed by atoms with van der Waals surface area (Å²) in [4.78, 5) is 25.3. The van der Waals surface area contributed by atoms with Crippen LogP contribution in [0.4, 0.5) is 22.4 Å². The number of hydrogen-bond donors (Lipinski definition) is 1. The first-order valence-electron chi connectivity index (χ1n) is 14.7. The van der Waals surface area contributed by atoms with E-state index >= 15 is 0 Å². The van der Waals surface area contributed by atoms with Crippen molar-refractivity contribution in [2.45, 2.75) is 78.6 Å². The minimum atomic E-state index is -1.19. The van der Waals surface area contributed by atoms with Gasteiger partial charge in [0, 0.05) is 47.1 Å². The molecule has 0 bridgehead atoms. The van der Waals surface area contributed by atoms with Crippen LogP contribution in [0.1, 0.15) is 46.2 Å². The number of halogens is 1. The lowest BCUT2D eigenvalue weighted by molar-refractivity contribution is 0.0240. The second-order valence-corrected chi connectivity index (χ2v) is 19.2. The highest BCUT2D eigenvalue weighted by molar-refractivity contribution is 6.76. The standard InChI is InChI=1S/C29H44ClN9O3Si/c1-20(2)25-24(26(30)39(36-25)19-41-17-18-43(6,7)8)21-11-12-31-27(32-21)33-22-9-10-23(35-34-22)37-13-15-38(16-14-37)28(40)42-29(3,4)5/h9-12,20H,13-19H2,1-8H3,(H,31,32,33,34). The lowest BCUT2D eigenvalue weighted by Gasteiger charge is -2.35. The van der Waals surface area contributed by atoms with Crippen LogP contribution in [0, 0.1) is 0 Å². The van der Waals surface area contributed by atoms with Gasteiger partial charge in [-0.2, -0.15) is 5.10 Å². The molecule has 1 fully saturated rings. The number of carbonyl (C=O) groups excluding carboxylic acids is 1. The van der Waals surface area contributed by atoms with Gasteiger partial charge in [-0.25, -0.2) is 19.4 Å². The van der Waals surface area contributed by atoms with Crippen LogP contribution in [-0.4, -0.2) is 87.4 Å². The molecule has 1 N–H and O–H groups in total. The van der Waals surface area contributed by atoms with E-state index < -0.39 is 13.7 Å². The van der Waals surface area contributed by atoms with Crippen LogP contribution in [-0.2, 0) is 16.2 Å². The molecule has 0 radical (unpaired) electrons. The van der Waals surface area contributed by atoms with Gasteiger partial charge in [-0.1, -0.05) is 45.1 Å². The summed E-state index contributed by atoms with van der Waals surface area (Å²) in [6.45, 7) is 20.1. The predicted molar refractivity (Wildman–Crippen MR) is 172 cm³/mol. The topological polar surface area (TPSA) is 123 Å². The molecule has 1 aliphatic heterocycles. The van der Waals surface area contributed by atoms with E-state index in [2.05, 4.69) is 58.9 Å². The highest BCUT2D eigenvalue weighted by atomic mass is 35.5. The molecule has 3 aromatic rings. The van der Waals surface area contributed by atoms with Gasteiger partial charge < -0.3 is 24.6 Å². The third-order valence-corrected chi connectivity index (χ3v) is 8.82. The number of carbonyl (C=O) groups is 1. The Kier molecular flexibility index (Phi) is 10.3. The molecule has 12 nitrogen and oxygen atoms in total. The fourth-order valence-corrected chi connectivity index (χ4v) is 5.43. The van der Waals surface area contributed by atoms with Crippen LogP contribution in [0.3, 0.4) is 0 Å². The fraction of sp³-hybridized carbons (Fsp3) is 0.586. The third-order valence-electron chi connectivity index (χ3n) is 6.73. The summed E-state index contributed by atoms with van der Waals surface area (Å²) in [6, 6.07) is 6.62. The Bertz CT molecular complexity index is 1380. The zero-order valence-electron chi connectivity index (χ0n) is 26.5. The molecule has 0 unspecified atom stereocenters. The van der Waals surface area contributed by atoms with Crippen LogP contribution in [0.15, 0.2) is 24.4 Å². The zero-order chi connectivity index (χ0) is 31.4. The summed E-state index contributed by atoms with van der Waals surface area (Å²) in [6.07, 6.45) is 1.39. The number of amides is 1. The van der Waals surface area contributed by atoms with E-state index in [1.54, 1.807) is 15.8 Å². The van der Waals surface area contributed by atoms with Gasteiger partial charge >= 0.3 is 6.09 Å². The Balaban J connectivity index is 1.41. The van der Waals surface area contributed by atoms with Gasteiger partial charge in [-0.05, 0) is 50.9 Å². The fourth-order valence-electron chi connectivity index (χ4n) is 4.39. The molecule has 0 aliphatic carbocycles. The Morgan fingerprint density at radius 2 is 1.81 bits per heavy atom. The molecule has 4 heterocycles. The monoisotopic (exact) mass is 629 g/mol. The average molecular weight is 630 g/mol. The van der Waals surface area contributed by atoms with Crippen LogP contribution in [0.25, 0.3) is 11.3 Å². The molecule has 4 rings (SSSR count). The number of aromatic nitrogens is 6. The molecule has 43 heavy (non-hydrogen) atoms. The van der Waals surface area contributed by atoms with Crippen molar-refractivity contribution >= 4 is 43.4 Å². The number of ether oxygens (including phenoxy) is 2. The van der Waals surface area contributed by atoms with E-state index in [1.165, 1.54) is 0 Å². The molecule has 1 aliphatic rings. The molecule has 3 aromatic heterocycles. The van der Waals surface area contributed by atoms with Gasteiger partial charge in [-0.15, -0.1) is 10.2 Å². The van der Waals surface area contributed by atoms with Crippen molar-refractivity contribution in [3.05, 3.63) is 35.2 Å². The second kappa shape index (κ2) is 13.6. The van der Waals surface area contributed by atoms with Crippen molar-refractivity contribution in [3.8, 4) is 11.3 Å². The van der Waals surface area contributed by atoms with Crippen LogP contribution >= 0.6 is 11.6 Å². The number of anilines is 3. The minimum absolute atomic E-state index is 0.131. The van der Waals surface area contributed by atoms with Crippen molar-refractivity contribution in [1.82, 2.24) is 34.8 Å². The van der Waals surface area contributed by atoms with Gasteiger partial charge in [0.25, 0.3) is 0 Å². The number of nitrogens with zero attached hydrogens (tertiary/aromatic N) is 8. The highest BCUT2D eigenvalue weighted by Crippen LogP contribution is 2.34. The van der Waals surface area contributed by atoms with Crippen molar-refractivity contribution in [2.24, 2.45) is 0 Å². The maximum Gasteiger partial charge on any atom is 0.410 e. The molecular weight excluding hydrogens is 586 g/mol. The molecule has 0 spiro atoms. The van der Waals surface area contributed by atoms with Gasteiger partial charge in [0.15, 0.2) is 11.6 Å². The third kappa shape index (κ3) is 9.10. The first-order chi connectivity index (χ1) is 20.2. The van der Waals surface area contributed by atoms with E-state index in [4.69, 9.17) is 31.2 Å². The Morgan fingerprint density at radius 1 is 1.09 bits per heavy atom. The molecule has 14 heteroatoms. The summed E-state index contributed by atoms with van der Waals surface area (Å²) in [5.41, 5.74) is 1.76. The van der Waals surface area contributed by atoms with Crippen LogP contribution in [0.2, 0.25) is 30.8 Å². The summed E-state index contributed by atoms with van der Waals surface area (Å²) >= 11 is 6.83. The maximum atomic E-state index is 12.4. The molecule has 0 atom stereocenters. The van der Waals surface area contributed by atoms with E-state index in [9.17, 15) is 4.79 Å². The minimum Gasteiger partial charge on any atom is -0.444 e. The van der Waals surface area contributed by atoms with Gasteiger partial charge in [0.2, 0.25) is 5.95 Å². The highest BCUT2D eigenvalue weighted by Gasteiger charge is 2.27. The van der Waals surface area contributed by atoms with Crippen LogP contribution in [0.5, 0.6) is 0 Å². The summed E-state index contributed by atoms with van der Waals surface area (Å²) < 4.78 is 13.1. The lowest BCUT2D eigenvalue weighted by Crippen LogP contribution is -2.50. The SMILES string of the molecule is CC(C)c1nn(COCC[Si](C)(C)C)c(Cl)c1-c1ccnc(Nc2ccc(N3CCN(C(=O)OC(C)(C)C)CC3)nn2)n1. The largest absolute Gasteiger partial charge is 0.444 e. The van der Waals surface area contributed by atoms with Gasteiger partial charge in [0.05, 0.1) is 17.0 Å². The molecule has 234 valence electrons. The number of rotatable bonds is 10. The molecular formula is C29H44ClN9O3Si. The molecule has 0 aromatic carbocycles. The van der Waals surface area contributed by atoms with E-state index in [0.29, 0.717) is 55.4 Å². The predicted octanol–water partition coefficient (Wildman–Crippen LogP) is 6.02. The number of nitrogens with one attached hydrogen (secondary N) is 1. The van der Waals surface area contributed by atoms with Gasteiger partial charge in [0.1, 0.15) is 17.5 Å². The molecule has 1 amide bonds. The zero-order valence-corrected chi connectivity index (χ0v) is 28.3. The summed E-state index contributed by atoms with van der Waals surface area (Å²) in [7, 11) is -1.19. The van der Waals surface area contributed by atoms with Gasteiger partial charge in [-0.3, -0.25) is 0 Å². The Labute approximate surface area is 260 Å². The smallest absolute Gasteiger partial charge is 0.410 e. The van der Waals surface area contributed by atoms with Crippen LogP contribution < -0.4 is 10.2 Å². The quantitative estimate of drug-likeness (QED) is 0.210. The Morgan fingerprint density at radius 3 is 2.42 bits per heavy atom. The number of piperazine rings is 1. The first-order valence-corrected chi connectivity index (χ1v) is 18.8. The van der Waals surface area contributed by atoms with E-state index in [0.717, 1.165) is 23.1 Å².